The van der Waals surface area contributed by atoms with Gasteiger partial charge in [-0.15, -0.1) is 0 Å². The van der Waals surface area contributed by atoms with E-state index in [0.29, 0.717) is 18.4 Å². The van der Waals surface area contributed by atoms with Crippen LogP contribution in [-0.4, -0.2) is 31.8 Å². The fourth-order valence-corrected chi connectivity index (χ4v) is 4.61. The molecular formula is C21H22N2O4S. The summed E-state index contributed by atoms with van der Waals surface area (Å²) in [6.45, 7) is 2.76. The Morgan fingerprint density at radius 1 is 1.11 bits per heavy atom. The van der Waals surface area contributed by atoms with Crippen molar-refractivity contribution in [2.45, 2.75) is 31.3 Å². The number of nitriles is 1. The zero-order valence-electron chi connectivity index (χ0n) is 15.7. The third kappa shape index (κ3) is 4.58. The number of nitrogens with zero attached hydrogens (tertiary/aromatic N) is 2. The van der Waals surface area contributed by atoms with Crippen LogP contribution in [0.3, 0.4) is 0 Å². The molecule has 0 unspecified atom stereocenters. The Labute approximate surface area is 165 Å². The fraction of sp³-hybridized carbons (Fsp3) is 0.333. The first-order valence-corrected chi connectivity index (χ1v) is 10.6. The van der Waals surface area contributed by atoms with E-state index in [9.17, 15) is 13.2 Å². The van der Waals surface area contributed by atoms with Crippen molar-refractivity contribution in [2.75, 3.05) is 13.1 Å². The molecule has 0 spiro atoms. The normalized spacial score (nSPS) is 15.7. The van der Waals surface area contributed by atoms with E-state index in [2.05, 4.69) is 0 Å². The second kappa shape index (κ2) is 8.55. The van der Waals surface area contributed by atoms with Crippen molar-refractivity contribution in [1.29, 1.82) is 5.26 Å². The second-order valence-electron chi connectivity index (χ2n) is 6.91. The van der Waals surface area contributed by atoms with Gasteiger partial charge in [0.2, 0.25) is 10.0 Å². The maximum atomic E-state index is 12.7. The van der Waals surface area contributed by atoms with Crippen LogP contribution in [0.4, 0.5) is 0 Å². The van der Waals surface area contributed by atoms with Crippen LogP contribution >= 0.6 is 0 Å². The Balaban J connectivity index is 1.55. The first kappa shape index (κ1) is 20.1. The minimum Gasteiger partial charge on any atom is -0.461 e. The topological polar surface area (TPSA) is 87.5 Å². The predicted molar refractivity (Wildman–Crippen MR) is 104 cm³/mol. The molecule has 0 saturated carbocycles. The maximum absolute atomic E-state index is 12.7. The molecule has 0 radical (unpaired) electrons. The van der Waals surface area contributed by atoms with Gasteiger partial charge in [0.1, 0.15) is 6.61 Å². The summed E-state index contributed by atoms with van der Waals surface area (Å²) in [6.07, 6.45) is 0.866. The lowest BCUT2D eigenvalue weighted by Gasteiger charge is -2.30. The number of hydrogen-bond acceptors (Lipinski definition) is 5. The number of esters is 1. The van der Waals surface area contributed by atoms with Crippen molar-refractivity contribution in [3.63, 3.8) is 0 Å². The Morgan fingerprint density at radius 2 is 1.71 bits per heavy atom. The number of carbonyl (C=O) groups excluding carboxylic acids is 1. The molecule has 0 atom stereocenters. The summed E-state index contributed by atoms with van der Waals surface area (Å²) in [7, 11) is -3.62. The van der Waals surface area contributed by atoms with E-state index in [-0.39, 0.29) is 36.5 Å². The van der Waals surface area contributed by atoms with Gasteiger partial charge in [0.25, 0.3) is 0 Å². The van der Waals surface area contributed by atoms with Gasteiger partial charge in [-0.25, -0.2) is 8.42 Å². The highest BCUT2D eigenvalue weighted by molar-refractivity contribution is 7.89. The molecule has 0 bridgehead atoms. The van der Waals surface area contributed by atoms with Crippen molar-refractivity contribution in [1.82, 2.24) is 4.31 Å². The standard InChI is InChI=1S/C21H22N2O4S/c1-16-2-4-18(5-3-16)15-27-21(24)19-10-12-23(13-11-19)28(25,26)20-8-6-17(14-22)7-9-20/h2-9,19H,10-13,15H2,1H3. The van der Waals surface area contributed by atoms with Gasteiger partial charge in [-0.2, -0.15) is 9.57 Å². The zero-order valence-corrected chi connectivity index (χ0v) is 16.5. The third-order valence-corrected chi connectivity index (χ3v) is 6.82. The molecule has 2 aromatic carbocycles. The van der Waals surface area contributed by atoms with Crippen LogP contribution in [0.1, 0.15) is 29.5 Å². The summed E-state index contributed by atoms with van der Waals surface area (Å²) < 4.78 is 32.2. The summed E-state index contributed by atoms with van der Waals surface area (Å²) in [4.78, 5) is 12.5. The molecule has 1 heterocycles. The molecule has 7 heteroatoms. The molecule has 1 fully saturated rings. The number of sulfonamides is 1. The Morgan fingerprint density at radius 3 is 2.29 bits per heavy atom. The molecular weight excluding hydrogens is 376 g/mol. The summed E-state index contributed by atoms with van der Waals surface area (Å²) >= 11 is 0. The van der Waals surface area contributed by atoms with Crippen LogP contribution in [0.2, 0.25) is 0 Å². The van der Waals surface area contributed by atoms with E-state index in [1.54, 1.807) is 0 Å². The van der Waals surface area contributed by atoms with Gasteiger partial charge in [-0.3, -0.25) is 4.79 Å². The molecule has 0 aliphatic carbocycles. The highest BCUT2D eigenvalue weighted by Crippen LogP contribution is 2.25. The molecule has 146 valence electrons. The lowest BCUT2D eigenvalue weighted by atomic mass is 9.98. The number of rotatable bonds is 5. The van der Waals surface area contributed by atoms with Gasteiger partial charge in [0.05, 0.1) is 22.4 Å². The van der Waals surface area contributed by atoms with Crippen LogP contribution in [-0.2, 0) is 26.2 Å². The van der Waals surface area contributed by atoms with Crippen LogP contribution in [0.15, 0.2) is 53.4 Å². The maximum Gasteiger partial charge on any atom is 0.309 e. The Kier molecular flexibility index (Phi) is 6.12. The van der Waals surface area contributed by atoms with E-state index in [1.165, 1.54) is 28.6 Å². The summed E-state index contributed by atoms with van der Waals surface area (Å²) in [5.41, 5.74) is 2.49. The smallest absolute Gasteiger partial charge is 0.309 e. The third-order valence-electron chi connectivity index (χ3n) is 4.91. The minimum absolute atomic E-state index is 0.159. The van der Waals surface area contributed by atoms with Crippen LogP contribution in [0.5, 0.6) is 0 Å². The van der Waals surface area contributed by atoms with Gasteiger partial charge in [-0.05, 0) is 49.6 Å². The van der Waals surface area contributed by atoms with E-state index < -0.39 is 10.0 Å². The Bertz CT molecular complexity index is 969. The highest BCUT2D eigenvalue weighted by atomic mass is 32.2. The number of ether oxygens (including phenoxy) is 1. The van der Waals surface area contributed by atoms with Crippen LogP contribution in [0.25, 0.3) is 0 Å². The predicted octanol–water partition coefficient (Wildman–Crippen LogP) is 3.01. The Hall–Kier alpha value is -2.69. The molecule has 1 aliphatic rings. The van der Waals surface area contributed by atoms with Crippen LogP contribution < -0.4 is 0 Å². The molecule has 0 amide bonds. The van der Waals surface area contributed by atoms with Crippen molar-refractivity contribution in [3.8, 4) is 6.07 Å². The van der Waals surface area contributed by atoms with Crippen molar-refractivity contribution in [2.24, 2.45) is 5.92 Å². The van der Waals surface area contributed by atoms with E-state index in [0.717, 1.165) is 11.1 Å². The SMILES string of the molecule is Cc1ccc(COC(=O)C2CCN(S(=O)(=O)c3ccc(C#N)cc3)CC2)cc1. The van der Waals surface area contributed by atoms with Crippen molar-refractivity contribution >= 4 is 16.0 Å². The van der Waals surface area contributed by atoms with Crippen LogP contribution in [0, 0.1) is 24.2 Å². The molecule has 1 aliphatic heterocycles. The van der Waals surface area contributed by atoms with Gasteiger partial charge >= 0.3 is 5.97 Å². The molecule has 6 nitrogen and oxygen atoms in total. The molecule has 3 rings (SSSR count). The molecule has 28 heavy (non-hydrogen) atoms. The second-order valence-corrected chi connectivity index (χ2v) is 8.85. The quantitative estimate of drug-likeness (QED) is 0.723. The average molecular weight is 398 g/mol. The molecule has 0 N–H and O–H groups in total. The fourth-order valence-electron chi connectivity index (χ4n) is 3.14. The van der Waals surface area contributed by atoms with Crippen molar-refractivity contribution in [3.05, 3.63) is 65.2 Å². The first-order chi connectivity index (χ1) is 13.4. The van der Waals surface area contributed by atoms with Gasteiger partial charge in [0, 0.05) is 13.1 Å². The molecule has 0 aromatic heterocycles. The van der Waals surface area contributed by atoms with E-state index in [1.807, 2.05) is 37.3 Å². The monoisotopic (exact) mass is 398 g/mol. The largest absolute Gasteiger partial charge is 0.461 e. The summed E-state index contributed by atoms with van der Waals surface area (Å²) in [6, 6.07) is 15.6. The number of carbonyl (C=O) groups is 1. The lowest BCUT2D eigenvalue weighted by molar-refractivity contribution is -0.151. The summed E-state index contributed by atoms with van der Waals surface area (Å²) in [5, 5.41) is 8.84. The zero-order chi connectivity index (χ0) is 20.1. The number of benzene rings is 2. The average Bonchev–Trinajstić information content (AvgIpc) is 2.73. The summed E-state index contributed by atoms with van der Waals surface area (Å²) in [5.74, 6) is -0.575. The number of hydrogen-bond donors (Lipinski definition) is 0. The lowest BCUT2D eigenvalue weighted by Crippen LogP contribution is -2.40. The first-order valence-electron chi connectivity index (χ1n) is 9.12. The van der Waals surface area contributed by atoms with E-state index >= 15 is 0 Å². The number of aryl methyl sites for hydroxylation is 1. The molecule has 1 saturated heterocycles. The highest BCUT2D eigenvalue weighted by Gasteiger charge is 2.32. The van der Waals surface area contributed by atoms with Crippen molar-refractivity contribution < 1.29 is 17.9 Å². The van der Waals surface area contributed by atoms with Gasteiger partial charge in [0.15, 0.2) is 0 Å². The minimum atomic E-state index is -3.62. The number of piperidine rings is 1. The van der Waals surface area contributed by atoms with Gasteiger partial charge in [-0.1, -0.05) is 29.8 Å². The molecule has 2 aromatic rings. The van der Waals surface area contributed by atoms with E-state index in [4.69, 9.17) is 10.00 Å². The van der Waals surface area contributed by atoms with Gasteiger partial charge < -0.3 is 4.74 Å².